The van der Waals surface area contributed by atoms with Gasteiger partial charge in [-0.25, -0.2) is 9.78 Å². The van der Waals surface area contributed by atoms with Crippen LogP contribution in [0.25, 0.3) is 10.9 Å². The minimum absolute atomic E-state index is 0.163. The van der Waals surface area contributed by atoms with Crippen molar-refractivity contribution in [3.05, 3.63) is 37.9 Å². The van der Waals surface area contributed by atoms with E-state index in [-0.39, 0.29) is 31.9 Å². The Morgan fingerprint density at radius 3 is 2.73 bits per heavy atom. The molecule has 0 saturated carbocycles. The predicted molar refractivity (Wildman–Crippen MR) is 117 cm³/mol. The third-order valence-electron chi connectivity index (χ3n) is 4.69. The van der Waals surface area contributed by atoms with Crippen LogP contribution in [-0.4, -0.2) is 63.9 Å². The average molecular weight is 502 g/mol. The van der Waals surface area contributed by atoms with Gasteiger partial charge in [-0.15, -0.1) is 0 Å². The summed E-state index contributed by atoms with van der Waals surface area (Å²) in [6.07, 6.45) is 0.717. The van der Waals surface area contributed by atoms with Crippen molar-refractivity contribution in [3.8, 4) is 0 Å². The first-order chi connectivity index (χ1) is 14.0. The Kier molecular flexibility index (Phi) is 6.40. The first-order valence-electron chi connectivity index (χ1n) is 9.29. The number of ether oxygens (including phenoxy) is 1. The number of hydrogen-bond acceptors (Lipinski definition) is 7. The molecule has 1 aromatic carbocycles. The molecule has 9 nitrogen and oxygen atoms in total. The van der Waals surface area contributed by atoms with E-state index in [1.165, 1.54) is 11.1 Å². The molecule has 162 valence electrons. The number of aliphatic hydroxyl groups excluding tert-OH is 1. The molecule has 3 rings (SSSR count). The van der Waals surface area contributed by atoms with Crippen LogP contribution in [0.15, 0.2) is 22.8 Å². The van der Waals surface area contributed by atoms with Gasteiger partial charge in [-0.2, -0.15) is 0 Å². The van der Waals surface area contributed by atoms with Gasteiger partial charge in [0, 0.05) is 29.5 Å². The van der Waals surface area contributed by atoms with Gasteiger partial charge in [-0.3, -0.25) is 10.1 Å². The minimum Gasteiger partial charge on any atom is -0.444 e. The quantitative estimate of drug-likeness (QED) is 0.500. The van der Waals surface area contributed by atoms with Crippen molar-refractivity contribution in [1.29, 1.82) is 0 Å². The molecule has 1 fully saturated rings. The largest absolute Gasteiger partial charge is 0.444 e. The molecular weight excluding hydrogens is 480 g/mol. The minimum atomic E-state index is -0.646. The van der Waals surface area contributed by atoms with Crippen LogP contribution in [-0.2, 0) is 4.74 Å². The molecule has 1 atom stereocenters. The number of anilines is 1. The maximum atomic E-state index is 12.5. The number of fused-ring (bicyclic) bond motifs is 1. The number of amides is 1. The molecule has 1 aliphatic heterocycles. The smallest absolute Gasteiger partial charge is 0.410 e. The van der Waals surface area contributed by atoms with Gasteiger partial charge < -0.3 is 19.6 Å². The molecule has 0 bridgehead atoms. The lowest BCUT2D eigenvalue weighted by Crippen LogP contribution is -2.57. The van der Waals surface area contributed by atoms with Crippen molar-refractivity contribution in [1.82, 2.24) is 9.88 Å². The first-order valence-corrected chi connectivity index (χ1v) is 10.5. The number of benzene rings is 1. The number of halogens is 2. The Labute approximate surface area is 186 Å². The second kappa shape index (κ2) is 8.52. The highest BCUT2D eigenvalue weighted by molar-refractivity contribution is 9.10. The third-order valence-corrected chi connectivity index (χ3v) is 5.89. The van der Waals surface area contributed by atoms with Crippen molar-refractivity contribution in [2.45, 2.75) is 32.4 Å². The lowest BCUT2D eigenvalue weighted by molar-refractivity contribution is -0.384. The van der Waals surface area contributed by atoms with Gasteiger partial charge in [0.15, 0.2) is 0 Å². The fourth-order valence-corrected chi connectivity index (χ4v) is 3.89. The number of nitrogens with zero attached hydrogens (tertiary/aromatic N) is 4. The van der Waals surface area contributed by atoms with Gasteiger partial charge in [0.25, 0.3) is 0 Å². The van der Waals surface area contributed by atoms with Crippen LogP contribution in [0.4, 0.5) is 16.2 Å². The highest BCUT2D eigenvalue weighted by Crippen LogP contribution is 2.40. The summed E-state index contributed by atoms with van der Waals surface area (Å²) in [7, 11) is 0. The van der Waals surface area contributed by atoms with E-state index in [1.807, 2.05) is 0 Å². The Morgan fingerprint density at radius 2 is 2.13 bits per heavy atom. The van der Waals surface area contributed by atoms with Gasteiger partial charge in [-0.05, 0) is 48.8 Å². The van der Waals surface area contributed by atoms with Crippen molar-refractivity contribution in [2.75, 3.05) is 31.1 Å². The van der Waals surface area contributed by atoms with Crippen LogP contribution >= 0.6 is 27.5 Å². The number of carbonyl (C=O) groups excluding carboxylic acids is 1. The maximum absolute atomic E-state index is 12.5. The van der Waals surface area contributed by atoms with E-state index in [4.69, 9.17) is 16.3 Å². The molecule has 2 heterocycles. The summed E-state index contributed by atoms with van der Waals surface area (Å²) in [6.45, 7) is 5.76. The molecule has 0 unspecified atom stereocenters. The van der Waals surface area contributed by atoms with E-state index < -0.39 is 22.7 Å². The monoisotopic (exact) mass is 500 g/mol. The molecule has 0 radical (unpaired) electrons. The summed E-state index contributed by atoms with van der Waals surface area (Å²) in [6, 6.07) is 2.75. The predicted octanol–water partition coefficient (Wildman–Crippen LogP) is 3.98. The Hall–Kier alpha value is -2.17. The van der Waals surface area contributed by atoms with E-state index in [1.54, 1.807) is 37.8 Å². The third kappa shape index (κ3) is 4.60. The van der Waals surface area contributed by atoms with Gasteiger partial charge in [0.2, 0.25) is 0 Å². The van der Waals surface area contributed by atoms with Gasteiger partial charge in [-0.1, -0.05) is 11.6 Å². The second-order valence-electron chi connectivity index (χ2n) is 7.99. The highest BCUT2D eigenvalue weighted by atomic mass is 79.9. The standard InChI is InChI=1S/C19H22BrClN4O5/c1-19(2,3)30-18(27)23-4-5-24(11(9-23)10-26)17-12-6-14(21)13(20)7-15(12)22-8-16(17)25(28)29/h6-8,11,26H,4-5,9-10H2,1-3H3/t11-/m1/s1. The number of piperazine rings is 1. The molecule has 1 amide bonds. The molecular formula is C19H22BrClN4O5. The van der Waals surface area contributed by atoms with Crippen LogP contribution in [0.2, 0.25) is 5.02 Å². The number of hydrogen-bond donors (Lipinski definition) is 1. The Morgan fingerprint density at radius 1 is 1.43 bits per heavy atom. The van der Waals surface area contributed by atoms with Crippen LogP contribution in [0, 0.1) is 10.1 Å². The molecule has 1 aromatic heterocycles. The van der Waals surface area contributed by atoms with E-state index in [0.717, 1.165) is 0 Å². The summed E-state index contributed by atoms with van der Waals surface area (Å²) in [5, 5.41) is 22.6. The Balaban J connectivity index is 2.02. The van der Waals surface area contributed by atoms with E-state index >= 15 is 0 Å². The maximum Gasteiger partial charge on any atom is 0.410 e. The molecule has 1 saturated heterocycles. The number of nitro groups is 1. The van der Waals surface area contributed by atoms with Gasteiger partial charge in [0.05, 0.1) is 28.1 Å². The van der Waals surface area contributed by atoms with Gasteiger partial charge >= 0.3 is 11.8 Å². The molecule has 1 N–H and O–H groups in total. The number of pyridine rings is 1. The lowest BCUT2D eigenvalue weighted by atomic mass is 10.1. The molecule has 0 aliphatic carbocycles. The fraction of sp³-hybridized carbons (Fsp3) is 0.474. The SMILES string of the molecule is CC(C)(C)OC(=O)N1CCN(c2c([N+](=O)[O-])cnc3cc(Br)c(Cl)cc23)[C@@H](CO)C1. The molecule has 30 heavy (non-hydrogen) atoms. The summed E-state index contributed by atoms with van der Waals surface area (Å²) >= 11 is 9.59. The second-order valence-corrected chi connectivity index (χ2v) is 9.25. The zero-order valence-electron chi connectivity index (χ0n) is 16.8. The summed E-state index contributed by atoms with van der Waals surface area (Å²) in [5.41, 5.74) is 0.0122. The normalized spacial score (nSPS) is 17.3. The Bertz CT molecular complexity index is 997. The number of aliphatic hydroxyl groups is 1. The fourth-order valence-electron chi connectivity index (χ4n) is 3.40. The lowest BCUT2D eigenvalue weighted by Gasteiger charge is -2.42. The van der Waals surface area contributed by atoms with Gasteiger partial charge in [0.1, 0.15) is 17.5 Å². The molecule has 11 heteroatoms. The molecule has 0 spiro atoms. The highest BCUT2D eigenvalue weighted by Gasteiger charge is 2.35. The summed E-state index contributed by atoms with van der Waals surface area (Å²) < 4.78 is 6.04. The van der Waals surface area contributed by atoms with Crippen LogP contribution in [0.5, 0.6) is 0 Å². The van der Waals surface area contributed by atoms with Crippen LogP contribution < -0.4 is 4.90 Å². The summed E-state index contributed by atoms with van der Waals surface area (Å²) in [5.74, 6) is 0. The van der Waals surface area contributed by atoms with Crippen molar-refractivity contribution in [3.63, 3.8) is 0 Å². The van der Waals surface area contributed by atoms with Crippen LogP contribution in [0.3, 0.4) is 0 Å². The van der Waals surface area contributed by atoms with Crippen molar-refractivity contribution in [2.24, 2.45) is 0 Å². The molecule has 1 aliphatic rings. The first kappa shape index (κ1) is 22.5. The van der Waals surface area contributed by atoms with Crippen molar-refractivity contribution < 1.29 is 19.6 Å². The average Bonchev–Trinajstić information content (AvgIpc) is 2.66. The van der Waals surface area contributed by atoms with E-state index in [2.05, 4.69) is 20.9 Å². The summed E-state index contributed by atoms with van der Waals surface area (Å²) in [4.78, 5) is 31.1. The van der Waals surface area contributed by atoms with Crippen molar-refractivity contribution >= 4 is 55.9 Å². The number of rotatable bonds is 3. The van der Waals surface area contributed by atoms with E-state index in [0.29, 0.717) is 26.1 Å². The molecule has 2 aromatic rings. The number of aromatic nitrogens is 1. The topological polar surface area (TPSA) is 109 Å². The zero-order chi connectivity index (χ0) is 22.2. The van der Waals surface area contributed by atoms with E-state index in [9.17, 15) is 20.0 Å². The zero-order valence-corrected chi connectivity index (χ0v) is 19.1. The van der Waals surface area contributed by atoms with Crippen LogP contribution in [0.1, 0.15) is 20.8 Å². The number of carbonyl (C=O) groups is 1.